The minimum atomic E-state index is -0.391. The average molecular weight is 350 g/mol. The second-order valence-electron chi connectivity index (χ2n) is 6.45. The van der Waals surface area contributed by atoms with Crippen LogP contribution in [0.25, 0.3) is 0 Å². The Hall–Kier alpha value is -2.95. The predicted octanol–water partition coefficient (Wildman–Crippen LogP) is 2.68. The van der Waals surface area contributed by atoms with Crippen molar-refractivity contribution in [2.75, 3.05) is 19.6 Å². The molecule has 2 aromatic carbocycles. The lowest BCUT2D eigenvalue weighted by Crippen LogP contribution is -2.43. The summed E-state index contributed by atoms with van der Waals surface area (Å²) in [5, 5.41) is 0. The van der Waals surface area contributed by atoms with Crippen LogP contribution in [-0.4, -0.2) is 47.2 Å². The average Bonchev–Trinajstić information content (AvgIpc) is 2.87. The summed E-state index contributed by atoms with van der Waals surface area (Å²) in [4.78, 5) is 40.4. The second-order valence-corrected chi connectivity index (χ2v) is 6.45. The van der Waals surface area contributed by atoms with Gasteiger partial charge in [-0.15, -0.1) is 0 Å². The van der Waals surface area contributed by atoms with Crippen molar-refractivity contribution in [3.8, 4) is 0 Å². The molecule has 0 aliphatic carbocycles. The Kier molecular flexibility index (Phi) is 5.16. The fraction of sp³-hybridized carbons (Fsp3) is 0.286. The lowest BCUT2D eigenvalue weighted by molar-refractivity contribution is -0.131. The molecule has 0 radical (unpaired) electrons. The topological polar surface area (TPSA) is 57.7 Å². The summed E-state index contributed by atoms with van der Waals surface area (Å²) >= 11 is 0. The third-order valence-electron chi connectivity index (χ3n) is 4.67. The monoisotopic (exact) mass is 350 g/mol. The molecule has 0 fully saturated rings. The highest BCUT2D eigenvalue weighted by Crippen LogP contribution is 2.23. The summed E-state index contributed by atoms with van der Waals surface area (Å²) in [6.45, 7) is 4.65. The summed E-state index contributed by atoms with van der Waals surface area (Å²) in [6.07, 6.45) is 0.738. The van der Waals surface area contributed by atoms with E-state index < -0.39 is 5.91 Å². The van der Waals surface area contributed by atoms with E-state index in [0.29, 0.717) is 24.2 Å². The van der Waals surface area contributed by atoms with Crippen molar-refractivity contribution in [3.05, 3.63) is 70.8 Å². The number of fused-ring (bicyclic) bond motifs is 1. The van der Waals surface area contributed by atoms with Crippen molar-refractivity contribution in [3.63, 3.8) is 0 Å². The van der Waals surface area contributed by atoms with Gasteiger partial charge in [0.2, 0.25) is 5.91 Å². The number of rotatable bonds is 6. The molecule has 3 amide bonds. The zero-order valence-electron chi connectivity index (χ0n) is 15.1. The molecule has 5 nitrogen and oxygen atoms in total. The molecular formula is C21H22N2O3. The van der Waals surface area contributed by atoms with Crippen molar-refractivity contribution < 1.29 is 14.4 Å². The number of likely N-dealkylation sites (N-methyl/N-ethyl adjacent to an activating group) is 1. The molecule has 134 valence electrons. The summed E-state index contributed by atoms with van der Waals surface area (Å²) < 4.78 is 0. The molecule has 1 aliphatic rings. The van der Waals surface area contributed by atoms with Crippen molar-refractivity contribution in [1.82, 2.24) is 9.80 Å². The normalized spacial score (nSPS) is 13.1. The third-order valence-corrected chi connectivity index (χ3v) is 4.67. The Bertz CT molecular complexity index is 846. The van der Waals surface area contributed by atoms with Crippen molar-refractivity contribution in [2.24, 2.45) is 0 Å². The highest BCUT2D eigenvalue weighted by atomic mass is 16.2. The lowest BCUT2D eigenvalue weighted by atomic mass is 10.1. The molecule has 0 spiro atoms. The van der Waals surface area contributed by atoms with E-state index in [2.05, 4.69) is 0 Å². The van der Waals surface area contributed by atoms with Gasteiger partial charge in [0, 0.05) is 13.1 Å². The van der Waals surface area contributed by atoms with Crippen LogP contribution in [0.3, 0.4) is 0 Å². The lowest BCUT2D eigenvalue weighted by Gasteiger charge is -2.23. The van der Waals surface area contributed by atoms with E-state index in [1.54, 1.807) is 23.1 Å². The maximum atomic E-state index is 12.6. The van der Waals surface area contributed by atoms with Crippen LogP contribution in [0.1, 0.15) is 38.8 Å². The third kappa shape index (κ3) is 3.52. The van der Waals surface area contributed by atoms with E-state index in [1.165, 1.54) is 0 Å². The van der Waals surface area contributed by atoms with Crippen molar-refractivity contribution in [1.29, 1.82) is 0 Å². The van der Waals surface area contributed by atoms with Crippen LogP contribution in [0.2, 0.25) is 0 Å². The minimum absolute atomic E-state index is 0.213. The van der Waals surface area contributed by atoms with E-state index >= 15 is 0 Å². The second kappa shape index (κ2) is 7.52. The number of imide groups is 1. The predicted molar refractivity (Wildman–Crippen MR) is 98.9 cm³/mol. The first-order valence-corrected chi connectivity index (χ1v) is 8.79. The standard InChI is InChI=1S/C21H22N2O3/c1-3-22(12-11-16-7-5-4-6-8-16)19(24)14-23-20(25)17-10-9-15(2)13-18(17)21(23)26/h4-10,13H,3,11-12,14H2,1-2H3. The Balaban J connectivity index is 1.67. The molecule has 5 heteroatoms. The van der Waals surface area contributed by atoms with Gasteiger partial charge in [0.25, 0.3) is 11.8 Å². The van der Waals surface area contributed by atoms with E-state index in [9.17, 15) is 14.4 Å². The largest absolute Gasteiger partial charge is 0.341 e. The number of carbonyl (C=O) groups is 3. The number of carbonyl (C=O) groups excluding carboxylic acids is 3. The minimum Gasteiger partial charge on any atom is -0.341 e. The van der Waals surface area contributed by atoms with Crippen LogP contribution in [-0.2, 0) is 11.2 Å². The first kappa shape index (κ1) is 17.9. The summed E-state index contributed by atoms with van der Waals surface area (Å²) in [5.41, 5.74) is 2.82. The molecule has 0 N–H and O–H groups in total. The van der Waals surface area contributed by atoms with Gasteiger partial charge in [-0.2, -0.15) is 0 Å². The first-order valence-electron chi connectivity index (χ1n) is 8.79. The zero-order chi connectivity index (χ0) is 18.7. The van der Waals surface area contributed by atoms with Gasteiger partial charge in [-0.3, -0.25) is 19.3 Å². The van der Waals surface area contributed by atoms with Gasteiger partial charge < -0.3 is 4.90 Å². The van der Waals surface area contributed by atoms with Gasteiger partial charge in [-0.25, -0.2) is 0 Å². The Morgan fingerprint density at radius 1 is 1.00 bits per heavy atom. The Morgan fingerprint density at radius 3 is 2.38 bits per heavy atom. The zero-order valence-corrected chi connectivity index (χ0v) is 15.1. The van der Waals surface area contributed by atoms with Crippen LogP contribution in [0.4, 0.5) is 0 Å². The molecule has 2 aromatic rings. The summed E-state index contributed by atoms with van der Waals surface area (Å²) in [6, 6.07) is 15.1. The number of amides is 3. The molecule has 26 heavy (non-hydrogen) atoms. The molecule has 0 unspecified atom stereocenters. The molecule has 0 bridgehead atoms. The van der Waals surface area contributed by atoms with Crippen LogP contribution in [0, 0.1) is 6.92 Å². The Morgan fingerprint density at radius 2 is 1.69 bits per heavy atom. The number of aryl methyl sites for hydroxylation is 1. The number of nitrogens with zero attached hydrogens (tertiary/aromatic N) is 2. The maximum absolute atomic E-state index is 12.6. The smallest absolute Gasteiger partial charge is 0.262 e. The number of benzene rings is 2. The van der Waals surface area contributed by atoms with Crippen molar-refractivity contribution in [2.45, 2.75) is 20.3 Å². The van der Waals surface area contributed by atoms with E-state index in [0.717, 1.165) is 22.4 Å². The fourth-order valence-corrected chi connectivity index (χ4v) is 3.15. The van der Waals surface area contributed by atoms with Crippen molar-refractivity contribution >= 4 is 17.7 Å². The van der Waals surface area contributed by atoms with Crippen LogP contribution in [0.15, 0.2) is 48.5 Å². The van der Waals surface area contributed by atoms with Gasteiger partial charge in [0.1, 0.15) is 6.54 Å². The highest BCUT2D eigenvalue weighted by Gasteiger charge is 2.37. The van der Waals surface area contributed by atoms with Crippen LogP contribution >= 0.6 is 0 Å². The summed E-state index contributed by atoms with van der Waals surface area (Å²) in [5.74, 6) is -0.992. The SMILES string of the molecule is CCN(CCc1ccccc1)C(=O)CN1C(=O)c2ccc(C)cc2C1=O. The molecular weight excluding hydrogens is 328 g/mol. The molecule has 1 aliphatic heterocycles. The van der Waals surface area contributed by atoms with Gasteiger partial charge in [-0.05, 0) is 38.0 Å². The number of hydrogen-bond donors (Lipinski definition) is 0. The van der Waals surface area contributed by atoms with E-state index in [1.807, 2.05) is 44.2 Å². The molecule has 3 rings (SSSR count). The Labute approximate surface area is 153 Å². The van der Waals surface area contributed by atoms with Gasteiger partial charge in [-0.1, -0.05) is 42.0 Å². The highest BCUT2D eigenvalue weighted by molar-refractivity contribution is 6.22. The summed E-state index contributed by atoms with van der Waals surface area (Å²) in [7, 11) is 0. The molecule has 1 heterocycles. The molecule has 0 saturated carbocycles. The van der Waals surface area contributed by atoms with Crippen LogP contribution in [0.5, 0.6) is 0 Å². The fourth-order valence-electron chi connectivity index (χ4n) is 3.15. The quantitative estimate of drug-likeness (QED) is 0.753. The molecule has 0 aromatic heterocycles. The van der Waals surface area contributed by atoms with Gasteiger partial charge in [0.15, 0.2) is 0 Å². The first-order chi connectivity index (χ1) is 12.5. The maximum Gasteiger partial charge on any atom is 0.262 e. The van der Waals surface area contributed by atoms with Gasteiger partial charge >= 0.3 is 0 Å². The molecule has 0 atom stereocenters. The van der Waals surface area contributed by atoms with Crippen LogP contribution < -0.4 is 0 Å². The van der Waals surface area contributed by atoms with Gasteiger partial charge in [0.05, 0.1) is 11.1 Å². The molecule has 0 saturated heterocycles. The van der Waals surface area contributed by atoms with E-state index in [4.69, 9.17) is 0 Å². The van der Waals surface area contributed by atoms with E-state index in [-0.39, 0.29) is 18.4 Å². The number of hydrogen-bond acceptors (Lipinski definition) is 3.